The molecular formula is C25H24N4O3. The number of rotatable bonds is 7. The Balaban J connectivity index is 1.23. The van der Waals surface area contributed by atoms with Gasteiger partial charge < -0.3 is 19.8 Å². The highest BCUT2D eigenvalue weighted by Gasteiger charge is 2.08. The third kappa shape index (κ3) is 5.72. The summed E-state index contributed by atoms with van der Waals surface area (Å²) in [7, 11) is 0. The molecule has 4 rings (SSSR count). The van der Waals surface area contributed by atoms with E-state index in [1.807, 2.05) is 50.2 Å². The van der Waals surface area contributed by atoms with Crippen LogP contribution >= 0.6 is 0 Å². The molecule has 2 aromatic carbocycles. The molecule has 0 bridgehead atoms. The molecule has 4 aromatic rings. The average molecular weight is 428 g/mol. The lowest BCUT2D eigenvalue weighted by Crippen LogP contribution is -2.30. The smallest absolute Gasteiger partial charge is 0.319 e. The summed E-state index contributed by atoms with van der Waals surface area (Å²) in [4.78, 5) is 20.9. The minimum Gasteiger partial charge on any atom is -0.444 e. The molecule has 2 N–H and O–H groups in total. The summed E-state index contributed by atoms with van der Waals surface area (Å²) >= 11 is 0. The first kappa shape index (κ1) is 21.1. The standard InChI is InChI=1S/C25H24N4O3/c1-17-3-6-19(7-4-17)24-28-21(16-31-24)13-14-26-25(30)29-20-8-10-22(11-9-20)32-23-12-5-18(2)15-27-23/h3-12,15-16H,13-14H2,1-2H3,(H2,26,29,30). The average Bonchev–Trinajstić information content (AvgIpc) is 3.26. The zero-order valence-corrected chi connectivity index (χ0v) is 18.0. The van der Waals surface area contributed by atoms with Crippen molar-refractivity contribution in [2.75, 3.05) is 11.9 Å². The van der Waals surface area contributed by atoms with Gasteiger partial charge in [0, 0.05) is 36.5 Å². The predicted molar refractivity (Wildman–Crippen MR) is 123 cm³/mol. The number of amides is 2. The van der Waals surface area contributed by atoms with Crippen LogP contribution in [-0.2, 0) is 6.42 Å². The Bertz CT molecular complexity index is 1170. The molecule has 0 unspecified atom stereocenters. The lowest BCUT2D eigenvalue weighted by Gasteiger charge is -2.08. The van der Waals surface area contributed by atoms with E-state index in [1.165, 1.54) is 5.56 Å². The van der Waals surface area contributed by atoms with Crippen molar-refractivity contribution in [1.29, 1.82) is 0 Å². The number of carbonyl (C=O) groups is 1. The van der Waals surface area contributed by atoms with Gasteiger partial charge in [-0.3, -0.25) is 0 Å². The Labute approximate surface area is 186 Å². The Morgan fingerprint density at radius 2 is 1.72 bits per heavy atom. The van der Waals surface area contributed by atoms with Gasteiger partial charge in [0.05, 0.1) is 5.69 Å². The van der Waals surface area contributed by atoms with Crippen LogP contribution in [0, 0.1) is 13.8 Å². The van der Waals surface area contributed by atoms with Crippen molar-refractivity contribution in [2.45, 2.75) is 20.3 Å². The Morgan fingerprint density at radius 1 is 0.969 bits per heavy atom. The van der Waals surface area contributed by atoms with E-state index in [0.29, 0.717) is 36.2 Å². The molecular weight excluding hydrogens is 404 g/mol. The number of aromatic nitrogens is 2. The minimum atomic E-state index is -0.291. The second-order valence-corrected chi connectivity index (χ2v) is 7.44. The maximum Gasteiger partial charge on any atom is 0.319 e. The number of anilines is 1. The van der Waals surface area contributed by atoms with E-state index in [9.17, 15) is 4.79 Å². The Morgan fingerprint density at radius 3 is 2.44 bits per heavy atom. The summed E-state index contributed by atoms with van der Waals surface area (Å²) in [5.74, 6) is 1.74. The highest BCUT2D eigenvalue weighted by Crippen LogP contribution is 2.22. The zero-order chi connectivity index (χ0) is 22.3. The third-order valence-electron chi connectivity index (χ3n) is 4.74. The van der Waals surface area contributed by atoms with Crippen molar-refractivity contribution in [1.82, 2.24) is 15.3 Å². The lowest BCUT2D eigenvalue weighted by molar-refractivity contribution is 0.252. The second-order valence-electron chi connectivity index (χ2n) is 7.44. The van der Waals surface area contributed by atoms with Gasteiger partial charge in [-0.2, -0.15) is 0 Å². The highest BCUT2D eigenvalue weighted by atomic mass is 16.5. The maximum absolute atomic E-state index is 12.2. The van der Waals surface area contributed by atoms with Crippen molar-refractivity contribution in [3.05, 3.63) is 89.9 Å². The zero-order valence-electron chi connectivity index (χ0n) is 18.0. The van der Waals surface area contributed by atoms with Crippen molar-refractivity contribution >= 4 is 11.7 Å². The van der Waals surface area contributed by atoms with Crippen LogP contribution in [0.15, 0.2) is 77.5 Å². The van der Waals surface area contributed by atoms with Crippen molar-refractivity contribution < 1.29 is 13.9 Å². The lowest BCUT2D eigenvalue weighted by atomic mass is 10.1. The molecule has 32 heavy (non-hydrogen) atoms. The summed E-state index contributed by atoms with van der Waals surface area (Å²) in [6.45, 7) is 4.44. The molecule has 0 aliphatic rings. The van der Waals surface area contributed by atoms with Gasteiger partial charge in [-0.05, 0) is 55.8 Å². The number of ether oxygens (including phenoxy) is 1. The van der Waals surface area contributed by atoms with Gasteiger partial charge in [0.1, 0.15) is 12.0 Å². The van der Waals surface area contributed by atoms with Crippen LogP contribution in [0.1, 0.15) is 16.8 Å². The molecule has 0 saturated heterocycles. The quantitative estimate of drug-likeness (QED) is 0.405. The maximum atomic E-state index is 12.2. The highest BCUT2D eigenvalue weighted by molar-refractivity contribution is 5.89. The van der Waals surface area contributed by atoms with E-state index in [0.717, 1.165) is 16.8 Å². The van der Waals surface area contributed by atoms with Gasteiger partial charge in [0.2, 0.25) is 11.8 Å². The molecule has 0 spiro atoms. The van der Waals surface area contributed by atoms with Gasteiger partial charge in [-0.15, -0.1) is 0 Å². The number of oxazole rings is 1. The molecule has 2 amide bonds. The molecule has 0 fully saturated rings. The van der Waals surface area contributed by atoms with Crippen LogP contribution in [0.2, 0.25) is 0 Å². The van der Waals surface area contributed by atoms with Crippen molar-refractivity contribution in [2.24, 2.45) is 0 Å². The van der Waals surface area contributed by atoms with E-state index < -0.39 is 0 Å². The molecule has 0 aliphatic heterocycles. The summed E-state index contributed by atoms with van der Waals surface area (Å²) < 4.78 is 11.2. The van der Waals surface area contributed by atoms with Crippen LogP contribution in [0.4, 0.5) is 10.5 Å². The molecule has 2 heterocycles. The largest absolute Gasteiger partial charge is 0.444 e. The van der Waals surface area contributed by atoms with Crippen LogP contribution in [0.3, 0.4) is 0 Å². The first-order valence-electron chi connectivity index (χ1n) is 10.3. The summed E-state index contributed by atoms with van der Waals surface area (Å²) in [5, 5.41) is 5.62. The van der Waals surface area contributed by atoms with E-state index in [4.69, 9.17) is 9.15 Å². The summed E-state index contributed by atoms with van der Waals surface area (Å²) in [6, 6.07) is 18.5. The molecule has 0 aliphatic carbocycles. The number of aryl methyl sites for hydroxylation is 2. The van der Waals surface area contributed by atoms with Crippen molar-refractivity contribution in [3.8, 4) is 23.1 Å². The van der Waals surface area contributed by atoms with E-state index in [2.05, 4.69) is 20.6 Å². The van der Waals surface area contributed by atoms with Crippen LogP contribution in [0.25, 0.3) is 11.5 Å². The number of pyridine rings is 1. The molecule has 7 heteroatoms. The first-order valence-corrected chi connectivity index (χ1v) is 10.3. The third-order valence-corrected chi connectivity index (χ3v) is 4.74. The number of benzene rings is 2. The molecule has 7 nitrogen and oxygen atoms in total. The van der Waals surface area contributed by atoms with Gasteiger partial charge >= 0.3 is 6.03 Å². The number of nitrogens with one attached hydrogen (secondary N) is 2. The molecule has 0 atom stereocenters. The number of nitrogens with zero attached hydrogens (tertiary/aromatic N) is 2. The normalized spacial score (nSPS) is 10.6. The molecule has 0 saturated carbocycles. The fourth-order valence-corrected chi connectivity index (χ4v) is 2.97. The number of urea groups is 1. The van der Waals surface area contributed by atoms with E-state index >= 15 is 0 Å². The fraction of sp³-hybridized carbons (Fsp3) is 0.160. The minimum absolute atomic E-state index is 0.291. The van der Waals surface area contributed by atoms with Crippen LogP contribution in [0.5, 0.6) is 11.6 Å². The number of hydrogen-bond donors (Lipinski definition) is 2. The Kier molecular flexibility index (Phi) is 6.46. The number of hydrogen-bond acceptors (Lipinski definition) is 5. The Hall–Kier alpha value is -4.13. The first-order chi connectivity index (χ1) is 15.5. The predicted octanol–water partition coefficient (Wildman–Crippen LogP) is 5.51. The van der Waals surface area contributed by atoms with Crippen LogP contribution in [-0.4, -0.2) is 22.5 Å². The van der Waals surface area contributed by atoms with Gasteiger partial charge in [-0.1, -0.05) is 23.8 Å². The van der Waals surface area contributed by atoms with Gasteiger partial charge in [0.25, 0.3) is 0 Å². The van der Waals surface area contributed by atoms with Crippen molar-refractivity contribution in [3.63, 3.8) is 0 Å². The summed E-state index contributed by atoms with van der Waals surface area (Å²) in [6.07, 6.45) is 3.94. The number of carbonyl (C=O) groups excluding carboxylic acids is 1. The van der Waals surface area contributed by atoms with E-state index in [-0.39, 0.29) is 6.03 Å². The van der Waals surface area contributed by atoms with Crippen LogP contribution < -0.4 is 15.4 Å². The monoisotopic (exact) mass is 428 g/mol. The fourth-order valence-electron chi connectivity index (χ4n) is 2.97. The molecule has 0 radical (unpaired) electrons. The van der Waals surface area contributed by atoms with Gasteiger partial charge in [0.15, 0.2) is 0 Å². The van der Waals surface area contributed by atoms with Gasteiger partial charge in [-0.25, -0.2) is 14.8 Å². The molecule has 2 aromatic heterocycles. The summed E-state index contributed by atoms with van der Waals surface area (Å²) in [5.41, 5.74) is 4.62. The second kappa shape index (κ2) is 9.78. The van der Waals surface area contributed by atoms with E-state index in [1.54, 1.807) is 36.7 Å². The topological polar surface area (TPSA) is 89.3 Å². The SMILES string of the molecule is Cc1ccc(-c2nc(CCNC(=O)Nc3ccc(Oc4ccc(C)cn4)cc3)co2)cc1. The molecule has 162 valence electrons.